The molecule has 7 heteroatoms. The zero-order valence-electron chi connectivity index (χ0n) is 14.7. The van der Waals surface area contributed by atoms with E-state index in [1.54, 1.807) is 24.3 Å². The van der Waals surface area contributed by atoms with E-state index in [9.17, 15) is 4.79 Å². The zero-order chi connectivity index (χ0) is 18.5. The molecule has 3 rings (SSSR count). The first-order chi connectivity index (χ1) is 12.6. The molecule has 0 atom stereocenters. The summed E-state index contributed by atoms with van der Waals surface area (Å²) in [6, 6.07) is 14.7. The molecule has 0 aliphatic rings. The second kappa shape index (κ2) is 8.05. The fourth-order valence-electron chi connectivity index (χ4n) is 2.49. The minimum atomic E-state index is 0.0295. The van der Waals surface area contributed by atoms with E-state index in [-0.39, 0.29) is 11.5 Å². The number of para-hydroxylation sites is 1. The number of nitrogens with two attached hydrogens (primary N) is 1. The smallest absolute Gasteiger partial charge is 0.191 e. The van der Waals surface area contributed by atoms with Crippen molar-refractivity contribution in [2.75, 3.05) is 18.1 Å². The van der Waals surface area contributed by atoms with Crippen LogP contribution in [0.25, 0.3) is 11.4 Å². The van der Waals surface area contributed by atoms with Crippen molar-refractivity contribution >= 4 is 23.2 Å². The highest BCUT2D eigenvalue weighted by Gasteiger charge is 2.15. The topological polar surface area (TPSA) is 83.0 Å². The van der Waals surface area contributed by atoms with Crippen LogP contribution < -0.4 is 10.5 Å². The first-order valence-corrected chi connectivity index (χ1v) is 9.22. The molecule has 1 aromatic heterocycles. The number of thioether (sulfide) groups is 1. The highest BCUT2D eigenvalue weighted by Crippen LogP contribution is 2.27. The summed E-state index contributed by atoms with van der Waals surface area (Å²) >= 11 is 1.35. The van der Waals surface area contributed by atoms with Crippen LogP contribution in [0.3, 0.4) is 0 Å². The molecule has 0 radical (unpaired) electrons. The molecule has 0 saturated carbocycles. The minimum absolute atomic E-state index is 0.0295. The van der Waals surface area contributed by atoms with Crippen LogP contribution in [0.15, 0.2) is 53.7 Å². The maximum absolute atomic E-state index is 12.4. The first kappa shape index (κ1) is 18.0. The van der Waals surface area contributed by atoms with E-state index in [1.807, 2.05) is 42.8 Å². The number of carbonyl (C=O) groups excluding carboxylic acids is 1. The second-order valence-electron chi connectivity index (χ2n) is 5.62. The largest absolute Gasteiger partial charge is 0.494 e. The molecule has 6 nitrogen and oxygen atoms in total. The molecule has 3 aromatic rings. The number of ether oxygens (including phenoxy) is 1. The van der Waals surface area contributed by atoms with Crippen LogP contribution >= 0.6 is 11.8 Å². The number of nitrogens with zero attached hydrogens (tertiary/aromatic N) is 3. The SMILES string of the molecule is CCOc1ccc(C(=O)CSc2nnc(-c3ccccc3N)n2C)cc1. The zero-order valence-corrected chi connectivity index (χ0v) is 15.5. The lowest BCUT2D eigenvalue weighted by atomic mass is 10.1. The summed E-state index contributed by atoms with van der Waals surface area (Å²) in [7, 11) is 1.87. The number of aromatic nitrogens is 3. The van der Waals surface area contributed by atoms with Crippen molar-refractivity contribution in [3.63, 3.8) is 0 Å². The van der Waals surface area contributed by atoms with Crippen LogP contribution in [0.2, 0.25) is 0 Å². The Balaban J connectivity index is 1.68. The maximum Gasteiger partial charge on any atom is 0.191 e. The normalized spacial score (nSPS) is 10.7. The van der Waals surface area contributed by atoms with E-state index >= 15 is 0 Å². The van der Waals surface area contributed by atoms with Crippen molar-refractivity contribution in [3.8, 4) is 17.1 Å². The summed E-state index contributed by atoms with van der Waals surface area (Å²) in [6.45, 7) is 2.53. The van der Waals surface area contributed by atoms with Gasteiger partial charge in [0.15, 0.2) is 16.8 Å². The summed E-state index contributed by atoms with van der Waals surface area (Å²) < 4.78 is 7.24. The third-order valence-corrected chi connectivity index (χ3v) is 4.88. The number of rotatable bonds is 7. The van der Waals surface area contributed by atoms with Gasteiger partial charge in [-0.2, -0.15) is 0 Å². The highest BCUT2D eigenvalue weighted by atomic mass is 32.2. The van der Waals surface area contributed by atoms with Gasteiger partial charge in [0.1, 0.15) is 5.75 Å². The quantitative estimate of drug-likeness (QED) is 0.391. The molecule has 1 heterocycles. The van der Waals surface area contributed by atoms with Crippen molar-refractivity contribution in [2.45, 2.75) is 12.1 Å². The molecule has 26 heavy (non-hydrogen) atoms. The third-order valence-electron chi connectivity index (χ3n) is 3.86. The van der Waals surface area contributed by atoms with E-state index < -0.39 is 0 Å². The molecule has 0 amide bonds. The Hall–Kier alpha value is -2.80. The molecule has 2 N–H and O–H groups in total. The summed E-state index contributed by atoms with van der Waals surface area (Å²) in [5.74, 6) is 1.75. The van der Waals surface area contributed by atoms with Gasteiger partial charge < -0.3 is 15.0 Å². The average molecular weight is 368 g/mol. The molecule has 0 saturated heterocycles. The molecule has 0 bridgehead atoms. The Bertz CT molecular complexity index is 906. The van der Waals surface area contributed by atoms with E-state index in [0.717, 1.165) is 11.3 Å². The van der Waals surface area contributed by atoms with Gasteiger partial charge in [0.25, 0.3) is 0 Å². The lowest BCUT2D eigenvalue weighted by molar-refractivity contribution is 0.102. The van der Waals surface area contributed by atoms with Crippen LogP contribution in [-0.2, 0) is 7.05 Å². The lowest BCUT2D eigenvalue weighted by Crippen LogP contribution is -2.04. The number of nitrogen functional groups attached to an aromatic ring is 1. The van der Waals surface area contributed by atoms with Crippen molar-refractivity contribution in [2.24, 2.45) is 7.05 Å². The number of Topliss-reactive ketones (excluding diaryl/α,β-unsaturated/α-hetero) is 1. The average Bonchev–Trinajstić information content (AvgIpc) is 3.01. The predicted octanol–water partition coefficient (Wildman–Crippen LogP) is 3.44. The Morgan fingerprint density at radius 2 is 1.88 bits per heavy atom. The monoisotopic (exact) mass is 368 g/mol. The van der Waals surface area contributed by atoms with Crippen LogP contribution in [0.1, 0.15) is 17.3 Å². The van der Waals surface area contributed by atoms with Gasteiger partial charge in [-0.3, -0.25) is 4.79 Å². The highest BCUT2D eigenvalue weighted by molar-refractivity contribution is 7.99. The number of hydrogen-bond acceptors (Lipinski definition) is 6. The van der Waals surface area contributed by atoms with Gasteiger partial charge in [0.05, 0.1) is 12.4 Å². The fraction of sp³-hybridized carbons (Fsp3) is 0.211. The van der Waals surface area contributed by atoms with Crippen molar-refractivity contribution in [1.82, 2.24) is 14.8 Å². The Morgan fingerprint density at radius 1 is 1.15 bits per heavy atom. The summed E-state index contributed by atoms with van der Waals surface area (Å²) in [6.07, 6.45) is 0. The van der Waals surface area contributed by atoms with Gasteiger partial charge in [-0.15, -0.1) is 10.2 Å². The van der Waals surface area contributed by atoms with E-state index in [2.05, 4.69) is 10.2 Å². The number of carbonyl (C=O) groups is 1. The summed E-state index contributed by atoms with van der Waals surface area (Å²) in [4.78, 5) is 12.4. The van der Waals surface area contributed by atoms with Crippen LogP contribution in [-0.4, -0.2) is 32.9 Å². The van der Waals surface area contributed by atoms with Gasteiger partial charge in [-0.05, 0) is 43.3 Å². The molecule has 0 spiro atoms. The van der Waals surface area contributed by atoms with Crippen molar-refractivity contribution in [1.29, 1.82) is 0 Å². The van der Waals surface area contributed by atoms with Crippen LogP contribution in [0.4, 0.5) is 5.69 Å². The standard InChI is InChI=1S/C19H20N4O2S/c1-3-25-14-10-8-13(9-11-14)17(24)12-26-19-22-21-18(23(19)2)15-6-4-5-7-16(15)20/h4-11H,3,12,20H2,1-2H3. The van der Waals surface area contributed by atoms with E-state index in [1.165, 1.54) is 11.8 Å². The number of ketones is 1. The molecule has 134 valence electrons. The Labute approximate surface area is 156 Å². The van der Waals surface area contributed by atoms with E-state index in [4.69, 9.17) is 10.5 Å². The predicted molar refractivity (Wildman–Crippen MR) is 104 cm³/mol. The van der Waals surface area contributed by atoms with Crippen molar-refractivity contribution < 1.29 is 9.53 Å². The van der Waals surface area contributed by atoms with Gasteiger partial charge in [0, 0.05) is 23.9 Å². The van der Waals surface area contributed by atoms with Gasteiger partial charge in [-0.25, -0.2) is 0 Å². The molecule has 0 unspecified atom stereocenters. The molecular formula is C19H20N4O2S. The number of benzene rings is 2. The molecule has 0 fully saturated rings. The molecular weight excluding hydrogens is 348 g/mol. The lowest BCUT2D eigenvalue weighted by Gasteiger charge is -2.06. The molecule has 0 aliphatic carbocycles. The van der Waals surface area contributed by atoms with Gasteiger partial charge in [-0.1, -0.05) is 23.9 Å². The van der Waals surface area contributed by atoms with Crippen LogP contribution in [0, 0.1) is 0 Å². The third kappa shape index (κ3) is 3.88. The summed E-state index contributed by atoms with van der Waals surface area (Å²) in [5, 5.41) is 9.07. The second-order valence-corrected chi connectivity index (χ2v) is 6.56. The molecule has 0 aliphatic heterocycles. The fourth-order valence-corrected chi connectivity index (χ4v) is 3.30. The van der Waals surface area contributed by atoms with E-state index in [0.29, 0.717) is 28.8 Å². The Kier molecular flexibility index (Phi) is 5.58. The first-order valence-electron chi connectivity index (χ1n) is 8.23. The van der Waals surface area contributed by atoms with Gasteiger partial charge >= 0.3 is 0 Å². The maximum atomic E-state index is 12.4. The van der Waals surface area contributed by atoms with Crippen LogP contribution in [0.5, 0.6) is 5.75 Å². The van der Waals surface area contributed by atoms with Crippen molar-refractivity contribution in [3.05, 3.63) is 54.1 Å². The Morgan fingerprint density at radius 3 is 2.58 bits per heavy atom. The summed E-state index contributed by atoms with van der Waals surface area (Å²) in [5.41, 5.74) is 8.13. The number of hydrogen-bond donors (Lipinski definition) is 1. The number of anilines is 1. The minimum Gasteiger partial charge on any atom is -0.494 e. The molecule has 2 aromatic carbocycles. The van der Waals surface area contributed by atoms with Gasteiger partial charge in [0.2, 0.25) is 0 Å².